The van der Waals surface area contributed by atoms with Gasteiger partial charge in [0.15, 0.2) is 5.57 Å². The Hall–Kier alpha value is -2.29. The third-order valence-electron chi connectivity index (χ3n) is 2.67. The lowest BCUT2D eigenvalue weighted by molar-refractivity contribution is -0.112. The largest absolute Gasteiger partial charge is 0.511 e. The van der Waals surface area contributed by atoms with Crippen molar-refractivity contribution in [3.63, 3.8) is 0 Å². The molecule has 0 spiro atoms. The lowest BCUT2D eigenvalue weighted by atomic mass is 10.2. The molecule has 4 nitrogen and oxygen atoms in total. The number of thiophene rings is 1. The van der Waals surface area contributed by atoms with Gasteiger partial charge in [-0.25, -0.2) is 0 Å². The molecule has 0 unspecified atom stereocenters. The second-order valence-electron chi connectivity index (χ2n) is 4.20. The van der Waals surface area contributed by atoms with Crippen molar-refractivity contribution >= 4 is 33.8 Å². The lowest BCUT2D eigenvalue weighted by Gasteiger charge is -2.01. The number of halogens is 1. The van der Waals surface area contributed by atoms with Crippen molar-refractivity contribution in [2.24, 2.45) is 0 Å². The van der Waals surface area contributed by atoms with Crippen LogP contribution in [0.25, 0.3) is 10.4 Å². The number of hydrogen-bond acceptors (Lipinski definition) is 4. The minimum Gasteiger partial charge on any atom is -0.511 e. The molecular weight excluding hydrogens is 308 g/mol. The molecule has 1 aromatic heterocycles. The number of carbonyl (C=O) groups is 1. The average Bonchev–Trinajstić information content (AvgIpc) is 2.88. The van der Waals surface area contributed by atoms with E-state index in [1.807, 2.05) is 18.2 Å². The highest BCUT2D eigenvalue weighted by atomic mass is 35.5. The van der Waals surface area contributed by atoms with Crippen LogP contribution in [0.15, 0.2) is 47.7 Å². The van der Waals surface area contributed by atoms with Gasteiger partial charge < -0.3 is 10.4 Å². The zero-order valence-corrected chi connectivity index (χ0v) is 12.6. The van der Waals surface area contributed by atoms with Crippen LogP contribution in [0.5, 0.6) is 0 Å². The van der Waals surface area contributed by atoms with Crippen molar-refractivity contribution in [1.29, 1.82) is 5.26 Å². The minimum atomic E-state index is -0.623. The Bertz CT molecular complexity index is 738. The molecule has 0 aliphatic heterocycles. The van der Waals surface area contributed by atoms with Crippen LogP contribution in [0.4, 0.5) is 5.00 Å². The first kappa shape index (κ1) is 15.1. The fraction of sp³-hybridized carbons (Fsp3) is 0.0667. The number of aliphatic hydroxyl groups is 1. The van der Waals surface area contributed by atoms with Crippen molar-refractivity contribution in [3.8, 4) is 16.5 Å². The van der Waals surface area contributed by atoms with E-state index in [1.54, 1.807) is 24.3 Å². The van der Waals surface area contributed by atoms with E-state index >= 15 is 0 Å². The first-order valence-electron chi connectivity index (χ1n) is 5.98. The van der Waals surface area contributed by atoms with E-state index in [1.165, 1.54) is 18.3 Å². The van der Waals surface area contributed by atoms with Crippen LogP contribution in [0.3, 0.4) is 0 Å². The van der Waals surface area contributed by atoms with Gasteiger partial charge >= 0.3 is 0 Å². The summed E-state index contributed by atoms with van der Waals surface area (Å²) in [4.78, 5) is 12.8. The maximum atomic E-state index is 11.8. The standard InChI is InChI=1S/C15H11ClN2O2S/c1-9(19)12(8-17)15(20)18-14-7-6-13(21-14)10-2-4-11(16)5-3-10/h2-7,19H,1H3,(H,18,20)/b12-9-. The maximum absolute atomic E-state index is 11.8. The van der Waals surface area contributed by atoms with E-state index in [9.17, 15) is 9.90 Å². The average molecular weight is 319 g/mol. The van der Waals surface area contributed by atoms with Gasteiger partial charge in [-0.3, -0.25) is 4.79 Å². The van der Waals surface area contributed by atoms with Crippen molar-refractivity contribution < 1.29 is 9.90 Å². The molecular formula is C15H11ClN2O2S. The summed E-state index contributed by atoms with van der Waals surface area (Å²) in [5.41, 5.74) is 0.690. The van der Waals surface area contributed by atoms with Gasteiger partial charge in [0.1, 0.15) is 11.8 Å². The smallest absolute Gasteiger partial charge is 0.270 e. The SMILES string of the molecule is C/C(O)=C(\C#N)C(=O)Nc1ccc(-c2ccc(Cl)cc2)s1. The topological polar surface area (TPSA) is 73.1 Å². The van der Waals surface area contributed by atoms with Crippen LogP contribution in [0.1, 0.15) is 6.92 Å². The highest BCUT2D eigenvalue weighted by molar-refractivity contribution is 7.19. The van der Waals surface area contributed by atoms with E-state index in [0.29, 0.717) is 10.0 Å². The summed E-state index contributed by atoms with van der Waals surface area (Å²) in [7, 11) is 0. The van der Waals surface area contributed by atoms with E-state index in [-0.39, 0.29) is 11.3 Å². The monoisotopic (exact) mass is 318 g/mol. The molecule has 0 saturated heterocycles. The predicted octanol–water partition coefficient (Wildman–Crippen LogP) is 4.36. The van der Waals surface area contributed by atoms with Crippen LogP contribution in [0.2, 0.25) is 5.02 Å². The normalized spacial score (nSPS) is 11.5. The molecule has 1 aromatic carbocycles. The molecule has 106 valence electrons. The summed E-state index contributed by atoms with van der Waals surface area (Å²) in [6.07, 6.45) is 0. The zero-order chi connectivity index (χ0) is 15.4. The molecule has 0 aliphatic carbocycles. The number of carbonyl (C=O) groups excluding carboxylic acids is 1. The van der Waals surface area contributed by atoms with Crippen LogP contribution < -0.4 is 5.32 Å². The fourth-order valence-electron chi connectivity index (χ4n) is 1.64. The molecule has 0 radical (unpaired) electrons. The van der Waals surface area contributed by atoms with Gasteiger partial charge in [0, 0.05) is 9.90 Å². The number of nitriles is 1. The first-order chi connectivity index (χ1) is 10.0. The van der Waals surface area contributed by atoms with Crippen molar-refractivity contribution in [1.82, 2.24) is 0 Å². The molecule has 2 rings (SSSR count). The Morgan fingerprint density at radius 1 is 1.29 bits per heavy atom. The Labute approximate surface area is 130 Å². The van der Waals surface area contributed by atoms with E-state index in [2.05, 4.69) is 5.32 Å². The van der Waals surface area contributed by atoms with Crippen molar-refractivity contribution in [2.75, 3.05) is 5.32 Å². The maximum Gasteiger partial charge on any atom is 0.270 e. The number of anilines is 1. The molecule has 0 fully saturated rings. The quantitative estimate of drug-likeness (QED) is 0.501. The van der Waals surface area contributed by atoms with Crippen LogP contribution in [-0.4, -0.2) is 11.0 Å². The Morgan fingerprint density at radius 2 is 1.95 bits per heavy atom. The van der Waals surface area contributed by atoms with Gasteiger partial charge in [-0.1, -0.05) is 23.7 Å². The Balaban J connectivity index is 2.18. The summed E-state index contributed by atoms with van der Waals surface area (Å²) >= 11 is 7.21. The molecule has 2 N–H and O–H groups in total. The number of nitrogens with zero attached hydrogens (tertiary/aromatic N) is 1. The summed E-state index contributed by atoms with van der Waals surface area (Å²) in [6.45, 7) is 1.30. The van der Waals surface area contributed by atoms with E-state index in [4.69, 9.17) is 16.9 Å². The highest BCUT2D eigenvalue weighted by Crippen LogP contribution is 2.32. The molecule has 0 atom stereocenters. The number of amides is 1. The highest BCUT2D eigenvalue weighted by Gasteiger charge is 2.14. The molecule has 2 aromatic rings. The Kier molecular flexibility index (Phi) is 4.63. The minimum absolute atomic E-state index is 0.295. The summed E-state index contributed by atoms with van der Waals surface area (Å²) in [5.74, 6) is -0.925. The zero-order valence-electron chi connectivity index (χ0n) is 11.1. The van der Waals surface area contributed by atoms with E-state index in [0.717, 1.165) is 10.4 Å². The second kappa shape index (κ2) is 6.44. The molecule has 6 heteroatoms. The molecule has 0 bridgehead atoms. The van der Waals surface area contributed by atoms with Crippen molar-refractivity contribution in [2.45, 2.75) is 6.92 Å². The van der Waals surface area contributed by atoms with Crippen LogP contribution in [-0.2, 0) is 4.79 Å². The van der Waals surface area contributed by atoms with Gasteiger partial charge in [0.05, 0.1) is 5.00 Å². The summed E-state index contributed by atoms with van der Waals surface area (Å²) < 4.78 is 0. The third kappa shape index (κ3) is 3.63. The summed E-state index contributed by atoms with van der Waals surface area (Å²) in [5, 5.41) is 21.9. The van der Waals surface area contributed by atoms with Gasteiger partial charge in [0.2, 0.25) is 0 Å². The van der Waals surface area contributed by atoms with Gasteiger partial charge in [-0.15, -0.1) is 11.3 Å². The fourth-order valence-corrected chi connectivity index (χ4v) is 2.68. The molecule has 0 saturated carbocycles. The summed E-state index contributed by atoms with van der Waals surface area (Å²) in [6, 6.07) is 12.6. The number of nitrogens with one attached hydrogen (secondary N) is 1. The number of rotatable bonds is 3. The number of benzene rings is 1. The first-order valence-corrected chi connectivity index (χ1v) is 7.18. The van der Waals surface area contributed by atoms with E-state index < -0.39 is 5.91 Å². The Morgan fingerprint density at radius 3 is 2.52 bits per heavy atom. The predicted molar refractivity (Wildman–Crippen MR) is 84.3 cm³/mol. The van der Waals surface area contributed by atoms with Crippen LogP contribution >= 0.6 is 22.9 Å². The third-order valence-corrected chi connectivity index (χ3v) is 3.97. The van der Waals surface area contributed by atoms with Gasteiger partial charge in [0.25, 0.3) is 5.91 Å². The number of hydrogen-bond donors (Lipinski definition) is 2. The van der Waals surface area contributed by atoms with Crippen LogP contribution in [0, 0.1) is 11.3 Å². The molecule has 0 aliphatic rings. The van der Waals surface area contributed by atoms with Crippen molar-refractivity contribution in [3.05, 3.63) is 52.8 Å². The molecule has 1 amide bonds. The molecule has 1 heterocycles. The second-order valence-corrected chi connectivity index (χ2v) is 5.72. The lowest BCUT2D eigenvalue weighted by Crippen LogP contribution is -2.13. The number of aliphatic hydroxyl groups excluding tert-OH is 1. The number of allylic oxidation sites excluding steroid dienone is 1. The molecule has 21 heavy (non-hydrogen) atoms. The van der Waals surface area contributed by atoms with Gasteiger partial charge in [-0.2, -0.15) is 5.26 Å². The van der Waals surface area contributed by atoms with Gasteiger partial charge in [-0.05, 0) is 36.8 Å².